The third kappa shape index (κ3) is 3.68. The number of nitrogens with zero attached hydrogens (tertiary/aromatic N) is 6. The SMILES string of the molecule is COCc1c(C(=O)N/N=C/c2cccc(Cl)c2)nnn1-c1nonc1N. The highest BCUT2D eigenvalue weighted by molar-refractivity contribution is 6.30. The summed E-state index contributed by atoms with van der Waals surface area (Å²) in [5, 5.41) is 19.2. The van der Waals surface area contributed by atoms with Crippen LogP contribution in [0.15, 0.2) is 34.0 Å². The fourth-order valence-electron chi connectivity index (χ4n) is 2.06. The lowest BCUT2D eigenvalue weighted by Crippen LogP contribution is -2.20. The second-order valence-electron chi connectivity index (χ2n) is 4.96. The number of anilines is 1. The molecule has 0 aliphatic heterocycles. The molecule has 0 saturated heterocycles. The van der Waals surface area contributed by atoms with Gasteiger partial charge in [-0.05, 0) is 28.0 Å². The first kappa shape index (κ1) is 17.5. The van der Waals surface area contributed by atoms with E-state index in [4.69, 9.17) is 22.1 Å². The van der Waals surface area contributed by atoms with Gasteiger partial charge in [0.05, 0.1) is 12.8 Å². The molecule has 0 spiro atoms. The molecule has 2 aromatic heterocycles. The Morgan fingerprint density at radius 2 is 2.35 bits per heavy atom. The van der Waals surface area contributed by atoms with Crippen LogP contribution in [0.3, 0.4) is 0 Å². The van der Waals surface area contributed by atoms with Crippen LogP contribution in [0.1, 0.15) is 21.7 Å². The molecule has 0 bridgehead atoms. The number of ether oxygens (including phenoxy) is 1. The number of benzene rings is 1. The lowest BCUT2D eigenvalue weighted by atomic mass is 10.2. The molecule has 0 aliphatic carbocycles. The Bertz CT molecular complexity index is 951. The summed E-state index contributed by atoms with van der Waals surface area (Å²) < 4.78 is 10.8. The van der Waals surface area contributed by atoms with Crippen molar-refractivity contribution in [3.8, 4) is 5.82 Å². The van der Waals surface area contributed by atoms with Gasteiger partial charge in [-0.3, -0.25) is 4.79 Å². The molecule has 0 fully saturated rings. The molecule has 1 aromatic carbocycles. The molecule has 1 amide bonds. The van der Waals surface area contributed by atoms with Gasteiger partial charge in [-0.1, -0.05) is 28.9 Å². The van der Waals surface area contributed by atoms with Crippen molar-refractivity contribution < 1.29 is 14.2 Å². The van der Waals surface area contributed by atoms with Crippen LogP contribution in [0.4, 0.5) is 5.82 Å². The number of nitrogen functional groups attached to an aromatic ring is 1. The lowest BCUT2D eigenvalue weighted by Gasteiger charge is -2.03. The smallest absolute Gasteiger partial charge is 0.293 e. The number of hydrazone groups is 1. The molecule has 0 saturated carbocycles. The normalized spacial score (nSPS) is 11.2. The van der Waals surface area contributed by atoms with Crippen molar-refractivity contribution in [2.45, 2.75) is 6.61 Å². The number of nitrogens with one attached hydrogen (secondary N) is 1. The summed E-state index contributed by atoms with van der Waals surface area (Å²) in [4.78, 5) is 12.4. The third-order valence-electron chi connectivity index (χ3n) is 3.18. The number of rotatable bonds is 6. The maximum absolute atomic E-state index is 12.4. The second kappa shape index (κ2) is 7.72. The molecular formula is C14H13ClN8O3. The zero-order valence-electron chi connectivity index (χ0n) is 13.5. The summed E-state index contributed by atoms with van der Waals surface area (Å²) in [7, 11) is 1.46. The predicted octanol–water partition coefficient (Wildman–Crippen LogP) is 0.796. The van der Waals surface area contributed by atoms with Gasteiger partial charge >= 0.3 is 0 Å². The molecule has 0 unspecified atom stereocenters. The highest BCUT2D eigenvalue weighted by atomic mass is 35.5. The van der Waals surface area contributed by atoms with E-state index in [1.807, 2.05) is 0 Å². The van der Waals surface area contributed by atoms with E-state index < -0.39 is 5.91 Å². The van der Waals surface area contributed by atoms with Crippen LogP contribution in [-0.4, -0.2) is 44.5 Å². The number of hydrogen-bond donors (Lipinski definition) is 2. The molecule has 3 aromatic rings. The van der Waals surface area contributed by atoms with Crippen LogP contribution in [0.5, 0.6) is 0 Å². The van der Waals surface area contributed by atoms with E-state index in [2.05, 4.69) is 35.8 Å². The Morgan fingerprint density at radius 3 is 3.04 bits per heavy atom. The van der Waals surface area contributed by atoms with Gasteiger partial charge in [-0.15, -0.1) is 5.10 Å². The molecular weight excluding hydrogens is 364 g/mol. The van der Waals surface area contributed by atoms with Gasteiger partial charge in [0.25, 0.3) is 5.91 Å². The van der Waals surface area contributed by atoms with Gasteiger partial charge in [0.15, 0.2) is 5.69 Å². The number of halogens is 1. The van der Waals surface area contributed by atoms with E-state index in [0.717, 1.165) is 5.56 Å². The molecule has 3 N–H and O–H groups in total. The van der Waals surface area contributed by atoms with Gasteiger partial charge in [0, 0.05) is 12.1 Å². The quantitative estimate of drug-likeness (QED) is 0.474. The summed E-state index contributed by atoms with van der Waals surface area (Å²) in [6.07, 6.45) is 1.45. The number of carbonyl (C=O) groups excluding carboxylic acids is 1. The third-order valence-corrected chi connectivity index (χ3v) is 3.42. The van der Waals surface area contributed by atoms with Crippen LogP contribution in [-0.2, 0) is 11.3 Å². The first-order valence-corrected chi connectivity index (χ1v) is 7.59. The summed E-state index contributed by atoms with van der Waals surface area (Å²) >= 11 is 5.89. The molecule has 0 atom stereocenters. The molecule has 0 aliphatic rings. The fraction of sp³-hybridized carbons (Fsp3) is 0.143. The summed E-state index contributed by atoms with van der Waals surface area (Å²) in [6.45, 7) is 0.0278. The predicted molar refractivity (Wildman–Crippen MR) is 90.9 cm³/mol. The first-order chi connectivity index (χ1) is 12.6. The van der Waals surface area contributed by atoms with Crippen molar-refractivity contribution in [1.29, 1.82) is 0 Å². The van der Waals surface area contributed by atoms with E-state index in [9.17, 15) is 4.79 Å². The van der Waals surface area contributed by atoms with Crippen molar-refractivity contribution in [2.75, 3.05) is 12.8 Å². The van der Waals surface area contributed by atoms with E-state index in [1.165, 1.54) is 18.0 Å². The molecule has 12 heteroatoms. The van der Waals surface area contributed by atoms with Crippen LogP contribution in [0.2, 0.25) is 5.02 Å². The van der Waals surface area contributed by atoms with Crippen LogP contribution < -0.4 is 11.2 Å². The summed E-state index contributed by atoms with van der Waals surface area (Å²) in [5.41, 5.74) is 9.04. The number of nitrogens with two attached hydrogens (primary N) is 1. The maximum Gasteiger partial charge on any atom is 0.293 e. The topological polar surface area (TPSA) is 146 Å². The molecule has 134 valence electrons. The van der Waals surface area contributed by atoms with Crippen LogP contribution in [0.25, 0.3) is 5.82 Å². The Morgan fingerprint density at radius 1 is 1.50 bits per heavy atom. The molecule has 0 radical (unpaired) electrons. The Labute approximate surface area is 151 Å². The largest absolute Gasteiger partial charge is 0.378 e. The highest BCUT2D eigenvalue weighted by Crippen LogP contribution is 2.16. The average molecular weight is 377 g/mol. The summed E-state index contributed by atoms with van der Waals surface area (Å²) in [5.74, 6) is -0.485. The Hall–Kier alpha value is -3.31. The minimum absolute atomic E-state index is 0.00168. The minimum atomic E-state index is -0.586. The standard InChI is InChI=1S/C14H13ClN8O3/c1-25-7-10-11(18-22-23(10)13-12(16)20-26-21-13)14(24)19-17-6-8-3-2-4-9(15)5-8/h2-6H,7H2,1H3,(H2,16,20)(H,19,24)/b17-6+. The van der Waals surface area contributed by atoms with E-state index >= 15 is 0 Å². The molecule has 3 rings (SSSR count). The zero-order valence-corrected chi connectivity index (χ0v) is 14.2. The second-order valence-corrected chi connectivity index (χ2v) is 5.39. The first-order valence-electron chi connectivity index (χ1n) is 7.21. The Balaban J connectivity index is 1.81. The van der Waals surface area contributed by atoms with Crippen molar-refractivity contribution in [1.82, 2.24) is 30.7 Å². The van der Waals surface area contributed by atoms with Gasteiger partial charge in [0.1, 0.15) is 5.69 Å². The van der Waals surface area contributed by atoms with Gasteiger partial charge in [0.2, 0.25) is 11.6 Å². The van der Waals surface area contributed by atoms with Gasteiger partial charge < -0.3 is 10.5 Å². The van der Waals surface area contributed by atoms with E-state index in [1.54, 1.807) is 24.3 Å². The number of methoxy groups -OCH3 is 1. The van der Waals surface area contributed by atoms with E-state index in [-0.39, 0.29) is 23.9 Å². The van der Waals surface area contributed by atoms with Crippen LogP contribution >= 0.6 is 11.6 Å². The highest BCUT2D eigenvalue weighted by Gasteiger charge is 2.23. The molecule has 2 heterocycles. The van der Waals surface area contributed by atoms with Gasteiger partial charge in [-0.25, -0.2) is 10.1 Å². The van der Waals surface area contributed by atoms with Crippen LogP contribution in [0, 0.1) is 0 Å². The fourth-order valence-corrected chi connectivity index (χ4v) is 2.26. The van der Waals surface area contributed by atoms with Gasteiger partial charge in [-0.2, -0.15) is 9.78 Å². The van der Waals surface area contributed by atoms with E-state index in [0.29, 0.717) is 10.7 Å². The maximum atomic E-state index is 12.4. The number of hydrogen-bond acceptors (Lipinski definition) is 9. The summed E-state index contributed by atoms with van der Waals surface area (Å²) in [6, 6.07) is 6.99. The van der Waals surface area contributed by atoms with Crippen molar-refractivity contribution in [3.63, 3.8) is 0 Å². The molecule has 11 nitrogen and oxygen atoms in total. The van der Waals surface area contributed by atoms with Crippen molar-refractivity contribution in [2.24, 2.45) is 5.10 Å². The van der Waals surface area contributed by atoms with Crippen molar-refractivity contribution in [3.05, 3.63) is 46.2 Å². The average Bonchev–Trinajstić information content (AvgIpc) is 3.21. The Kier molecular flexibility index (Phi) is 5.20. The molecule has 26 heavy (non-hydrogen) atoms. The lowest BCUT2D eigenvalue weighted by molar-refractivity contribution is 0.0944. The number of amides is 1. The van der Waals surface area contributed by atoms with Crippen molar-refractivity contribution >= 4 is 29.5 Å². The monoisotopic (exact) mass is 376 g/mol. The number of carbonyl (C=O) groups is 1. The number of aromatic nitrogens is 5. The minimum Gasteiger partial charge on any atom is -0.378 e. The zero-order chi connectivity index (χ0) is 18.5.